The van der Waals surface area contributed by atoms with Crippen LogP contribution in [0.2, 0.25) is 0 Å². The fourth-order valence-corrected chi connectivity index (χ4v) is 3.10. The van der Waals surface area contributed by atoms with Gasteiger partial charge in [-0.2, -0.15) is 0 Å². The molecule has 1 N–H and O–H groups in total. The van der Waals surface area contributed by atoms with E-state index >= 15 is 0 Å². The number of piperidine rings is 1. The molecule has 1 aliphatic heterocycles. The molecule has 1 aromatic heterocycles. The van der Waals surface area contributed by atoms with Crippen LogP contribution < -0.4 is 5.32 Å². The summed E-state index contributed by atoms with van der Waals surface area (Å²) < 4.78 is 0. The maximum absolute atomic E-state index is 12.6. The quantitative estimate of drug-likeness (QED) is 0.686. The molecule has 1 fully saturated rings. The molecule has 0 aliphatic carbocycles. The van der Waals surface area contributed by atoms with E-state index in [0.29, 0.717) is 31.7 Å². The number of carbonyl (C=O) groups is 2. The first-order valence-electron chi connectivity index (χ1n) is 9.75. The third-order valence-corrected chi connectivity index (χ3v) is 4.66. The van der Waals surface area contributed by atoms with E-state index in [0.717, 1.165) is 32.5 Å². The lowest BCUT2D eigenvalue weighted by Gasteiger charge is -2.26. The highest BCUT2D eigenvalue weighted by molar-refractivity contribution is 5.92. The lowest BCUT2D eigenvalue weighted by Crippen LogP contribution is -2.39. The molecular weight excluding hydrogens is 330 g/mol. The Morgan fingerprint density at radius 1 is 1.19 bits per heavy atom. The lowest BCUT2D eigenvalue weighted by atomic mass is 10.1. The van der Waals surface area contributed by atoms with Crippen molar-refractivity contribution < 1.29 is 9.59 Å². The number of rotatable bonds is 10. The molecule has 7 heteroatoms. The molecule has 0 aromatic carbocycles. The van der Waals surface area contributed by atoms with E-state index < -0.39 is 0 Å². The Morgan fingerprint density at radius 3 is 2.69 bits per heavy atom. The molecule has 2 amide bonds. The maximum atomic E-state index is 12.6. The molecule has 0 saturated carbocycles. The van der Waals surface area contributed by atoms with Gasteiger partial charge in [-0.25, -0.2) is 4.98 Å². The van der Waals surface area contributed by atoms with Crippen molar-refractivity contribution in [2.45, 2.75) is 45.4 Å². The zero-order valence-electron chi connectivity index (χ0n) is 15.8. The van der Waals surface area contributed by atoms with Gasteiger partial charge in [-0.3, -0.25) is 14.6 Å². The SMILES string of the molecule is CCCCN(CCC(=O)NCCN1CCCCC1)C(=O)c1cnccn1. The van der Waals surface area contributed by atoms with Crippen LogP contribution in [0.3, 0.4) is 0 Å². The third-order valence-electron chi connectivity index (χ3n) is 4.66. The summed E-state index contributed by atoms with van der Waals surface area (Å²) >= 11 is 0. The number of hydrogen-bond donors (Lipinski definition) is 1. The molecule has 2 rings (SSSR count). The zero-order chi connectivity index (χ0) is 18.6. The molecule has 7 nitrogen and oxygen atoms in total. The largest absolute Gasteiger partial charge is 0.355 e. The van der Waals surface area contributed by atoms with E-state index in [1.165, 1.54) is 31.7 Å². The second-order valence-corrected chi connectivity index (χ2v) is 6.74. The Hall–Kier alpha value is -2.02. The number of hydrogen-bond acceptors (Lipinski definition) is 5. The molecule has 0 atom stereocenters. The number of nitrogens with zero attached hydrogens (tertiary/aromatic N) is 4. The van der Waals surface area contributed by atoms with Gasteiger partial charge in [0.2, 0.25) is 5.91 Å². The van der Waals surface area contributed by atoms with E-state index in [2.05, 4.69) is 27.1 Å². The minimum absolute atomic E-state index is 0.00421. The number of aromatic nitrogens is 2. The van der Waals surface area contributed by atoms with Gasteiger partial charge in [0.25, 0.3) is 5.91 Å². The number of unbranched alkanes of at least 4 members (excludes halogenated alkanes) is 1. The molecule has 1 saturated heterocycles. The van der Waals surface area contributed by atoms with Gasteiger partial charge in [0.05, 0.1) is 6.20 Å². The average molecular weight is 361 g/mol. The van der Waals surface area contributed by atoms with E-state index in [4.69, 9.17) is 0 Å². The smallest absolute Gasteiger partial charge is 0.274 e. The van der Waals surface area contributed by atoms with Gasteiger partial charge < -0.3 is 15.1 Å². The summed E-state index contributed by atoms with van der Waals surface area (Å²) in [6.07, 6.45) is 10.6. The highest BCUT2D eigenvalue weighted by atomic mass is 16.2. The molecule has 0 bridgehead atoms. The summed E-state index contributed by atoms with van der Waals surface area (Å²) in [6, 6.07) is 0. The number of likely N-dealkylation sites (tertiary alicyclic amines) is 1. The molecule has 0 unspecified atom stereocenters. The van der Waals surface area contributed by atoms with E-state index in [-0.39, 0.29) is 11.8 Å². The van der Waals surface area contributed by atoms with Crippen LogP contribution >= 0.6 is 0 Å². The van der Waals surface area contributed by atoms with E-state index in [1.54, 1.807) is 11.1 Å². The average Bonchev–Trinajstić information content (AvgIpc) is 2.69. The summed E-state index contributed by atoms with van der Waals surface area (Å²) in [6.45, 7) is 6.96. The second kappa shape index (κ2) is 11.6. The Morgan fingerprint density at radius 2 is 2.00 bits per heavy atom. The van der Waals surface area contributed by atoms with Gasteiger partial charge in [-0.15, -0.1) is 0 Å². The molecule has 1 aromatic rings. The summed E-state index contributed by atoms with van der Waals surface area (Å²) in [5.74, 6) is -0.164. The first kappa shape index (κ1) is 20.3. The van der Waals surface area contributed by atoms with Gasteiger partial charge in [0.15, 0.2) is 0 Å². The maximum Gasteiger partial charge on any atom is 0.274 e. The summed E-state index contributed by atoms with van der Waals surface area (Å²) in [5, 5.41) is 2.97. The van der Waals surface area contributed by atoms with Crippen LogP contribution in [0.1, 0.15) is 55.9 Å². The van der Waals surface area contributed by atoms with Crippen molar-refractivity contribution in [3.63, 3.8) is 0 Å². The van der Waals surface area contributed by atoms with Crippen molar-refractivity contribution in [2.75, 3.05) is 39.3 Å². The van der Waals surface area contributed by atoms with Crippen LogP contribution in [-0.4, -0.2) is 70.9 Å². The van der Waals surface area contributed by atoms with Crippen molar-refractivity contribution in [3.05, 3.63) is 24.3 Å². The Bertz CT molecular complexity index is 546. The van der Waals surface area contributed by atoms with Gasteiger partial charge in [0, 0.05) is 45.0 Å². The molecule has 0 radical (unpaired) electrons. The first-order valence-corrected chi connectivity index (χ1v) is 9.75. The Balaban J connectivity index is 1.74. The second-order valence-electron chi connectivity index (χ2n) is 6.74. The molecule has 26 heavy (non-hydrogen) atoms. The predicted molar refractivity (Wildman–Crippen MR) is 101 cm³/mol. The fourth-order valence-electron chi connectivity index (χ4n) is 3.10. The lowest BCUT2D eigenvalue weighted by molar-refractivity contribution is -0.121. The van der Waals surface area contributed by atoms with Gasteiger partial charge in [-0.1, -0.05) is 19.8 Å². The number of amides is 2. The monoisotopic (exact) mass is 361 g/mol. The minimum atomic E-state index is -0.160. The van der Waals surface area contributed by atoms with Crippen molar-refractivity contribution in [2.24, 2.45) is 0 Å². The summed E-state index contributed by atoms with van der Waals surface area (Å²) in [7, 11) is 0. The third kappa shape index (κ3) is 7.07. The van der Waals surface area contributed by atoms with Crippen LogP contribution in [0.25, 0.3) is 0 Å². The topological polar surface area (TPSA) is 78.4 Å². The highest BCUT2D eigenvalue weighted by Crippen LogP contribution is 2.07. The standard InChI is InChI=1S/C19H31N5O2/c1-2-3-13-24(19(26)17-16-20-8-9-21-17)14-7-18(25)22-10-15-23-11-5-4-6-12-23/h8-9,16H,2-7,10-15H2,1H3,(H,22,25). The van der Waals surface area contributed by atoms with E-state index in [9.17, 15) is 9.59 Å². The van der Waals surface area contributed by atoms with Crippen LogP contribution in [-0.2, 0) is 4.79 Å². The first-order chi connectivity index (χ1) is 12.7. The fraction of sp³-hybridized carbons (Fsp3) is 0.684. The highest BCUT2D eigenvalue weighted by Gasteiger charge is 2.18. The van der Waals surface area contributed by atoms with Gasteiger partial charge in [-0.05, 0) is 32.4 Å². The van der Waals surface area contributed by atoms with Crippen LogP contribution in [0, 0.1) is 0 Å². The molecule has 1 aliphatic rings. The van der Waals surface area contributed by atoms with Crippen molar-refractivity contribution in [1.82, 2.24) is 25.1 Å². The zero-order valence-corrected chi connectivity index (χ0v) is 15.8. The van der Waals surface area contributed by atoms with Gasteiger partial charge in [0.1, 0.15) is 5.69 Å². The number of nitrogens with one attached hydrogen (secondary N) is 1. The van der Waals surface area contributed by atoms with Crippen molar-refractivity contribution >= 4 is 11.8 Å². The molecule has 0 spiro atoms. The van der Waals surface area contributed by atoms with Crippen LogP contribution in [0.5, 0.6) is 0 Å². The summed E-state index contributed by atoms with van der Waals surface area (Å²) in [5.41, 5.74) is 0.328. The van der Waals surface area contributed by atoms with Crippen LogP contribution in [0.15, 0.2) is 18.6 Å². The van der Waals surface area contributed by atoms with Crippen molar-refractivity contribution in [1.29, 1.82) is 0 Å². The molecule has 2 heterocycles. The van der Waals surface area contributed by atoms with Gasteiger partial charge >= 0.3 is 0 Å². The number of carbonyl (C=O) groups excluding carboxylic acids is 2. The van der Waals surface area contributed by atoms with Crippen LogP contribution in [0.4, 0.5) is 0 Å². The minimum Gasteiger partial charge on any atom is -0.355 e. The molecule has 144 valence electrons. The Labute approximate surface area is 156 Å². The van der Waals surface area contributed by atoms with Crippen molar-refractivity contribution in [3.8, 4) is 0 Å². The summed E-state index contributed by atoms with van der Waals surface area (Å²) in [4.78, 5) is 36.8. The molecular formula is C19H31N5O2. The van der Waals surface area contributed by atoms with E-state index in [1.807, 2.05) is 0 Å². The predicted octanol–water partition coefficient (Wildman–Crippen LogP) is 1.71. The Kier molecular flexibility index (Phi) is 9.03. The normalized spacial score (nSPS) is 14.8.